The number of benzene rings is 1. The average Bonchev–Trinajstić information content (AvgIpc) is 3.46. The summed E-state index contributed by atoms with van der Waals surface area (Å²) in [4.78, 5) is 12.3. The number of carbonyl (C=O) groups is 1. The summed E-state index contributed by atoms with van der Waals surface area (Å²) in [5.74, 6) is -0.606. The van der Waals surface area contributed by atoms with E-state index in [1.807, 2.05) is 0 Å². The van der Waals surface area contributed by atoms with Gasteiger partial charge in [-0.1, -0.05) is 30.3 Å². The second-order valence-electron chi connectivity index (χ2n) is 13.7. The fraction of sp³-hybridized carbons (Fsp3) is 0.788. The lowest BCUT2D eigenvalue weighted by molar-refractivity contribution is -0.366. The second-order valence-corrected chi connectivity index (χ2v) is 13.7. The molecule has 4 aliphatic heterocycles. The highest BCUT2D eigenvalue weighted by molar-refractivity contribution is 5.73. The molecular weight excluding hydrogens is 746 g/mol. The highest BCUT2D eigenvalue weighted by Gasteiger charge is 2.54. The lowest BCUT2D eigenvalue weighted by Crippen LogP contribution is -2.67. The largest absolute Gasteiger partial charge is 0.394 e. The number of ether oxygens (including phenoxy) is 8. The predicted molar refractivity (Wildman–Crippen MR) is 174 cm³/mol. The Labute approximate surface area is 313 Å². The van der Waals surface area contributed by atoms with Gasteiger partial charge in [-0.25, -0.2) is 0 Å². The highest BCUT2D eigenvalue weighted by atomic mass is 16.8. The molecule has 5 rings (SSSR count). The first-order valence-electron chi connectivity index (χ1n) is 17.6. The van der Waals surface area contributed by atoms with Crippen LogP contribution in [-0.4, -0.2) is 216 Å². The summed E-state index contributed by atoms with van der Waals surface area (Å²) in [5, 5.41) is 127. The van der Waals surface area contributed by atoms with Crippen molar-refractivity contribution in [1.29, 1.82) is 0 Å². The molecule has 13 N–H and O–H groups in total. The van der Waals surface area contributed by atoms with Crippen LogP contribution in [0.1, 0.15) is 12.5 Å². The Balaban J connectivity index is 1.38. The van der Waals surface area contributed by atoms with Gasteiger partial charge in [-0.15, -0.1) is 0 Å². The molecule has 0 aliphatic carbocycles. The molecule has 4 aliphatic rings. The van der Waals surface area contributed by atoms with Crippen molar-refractivity contribution >= 4 is 5.91 Å². The van der Waals surface area contributed by atoms with Gasteiger partial charge >= 0.3 is 0 Å². The fourth-order valence-corrected chi connectivity index (χ4v) is 6.74. The first-order valence-corrected chi connectivity index (χ1v) is 17.6. The van der Waals surface area contributed by atoms with Crippen LogP contribution in [0.4, 0.5) is 0 Å². The van der Waals surface area contributed by atoms with Gasteiger partial charge in [-0.05, 0) is 5.56 Å². The molecule has 22 heteroatoms. The first-order chi connectivity index (χ1) is 26.2. The molecule has 20 atom stereocenters. The van der Waals surface area contributed by atoms with E-state index in [1.54, 1.807) is 30.3 Å². The smallest absolute Gasteiger partial charge is 0.217 e. The van der Waals surface area contributed by atoms with Gasteiger partial charge in [-0.3, -0.25) is 4.79 Å². The first kappa shape index (κ1) is 44.0. The maximum Gasteiger partial charge on any atom is 0.217 e. The highest BCUT2D eigenvalue weighted by Crippen LogP contribution is 2.34. The Kier molecular flexibility index (Phi) is 15.6. The second kappa shape index (κ2) is 19.6. The molecule has 22 nitrogen and oxygen atoms in total. The molecule has 1 aromatic rings. The maximum atomic E-state index is 12.3. The van der Waals surface area contributed by atoms with Crippen LogP contribution in [0.5, 0.6) is 0 Å². The number of hydrogen-bond acceptors (Lipinski definition) is 21. The Bertz CT molecular complexity index is 1330. The van der Waals surface area contributed by atoms with E-state index < -0.39 is 155 Å². The summed E-state index contributed by atoms with van der Waals surface area (Å²) in [6, 6.07) is 7.45. The summed E-state index contributed by atoms with van der Waals surface area (Å²) >= 11 is 0. The summed E-state index contributed by atoms with van der Waals surface area (Å²) in [5.41, 5.74) is 0.691. The van der Waals surface area contributed by atoms with Gasteiger partial charge in [0.05, 0.1) is 33.0 Å². The minimum atomic E-state index is -1.94. The number of rotatable bonds is 15. The van der Waals surface area contributed by atoms with E-state index in [0.29, 0.717) is 5.56 Å². The number of carbonyl (C=O) groups excluding carboxylic acids is 1. The number of nitrogens with one attached hydrogen (secondary N) is 1. The summed E-state index contributed by atoms with van der Waals surface area (Å²) in [6.45, 7) is -2.05. The molecule has 55 heavy (non-hydrogen) atoms. The molecule has 0 saturated carbocycles. The third-order valence-electron chi connectivity index (χ3n) is 9.80. The van der Waals surface area contributed by atoms with Crippen molar-refractivity contribution in [2.45, 2.75) is 136 Å². The van der Waals surface area contributed by atoms with Crippen LogP contribution in [0, 0.1) is 0 Å². The van der Waals surface area contributed by atoms with Crippen molar-refractivity contribution in [3.8, 4) is 0 Å². The van der Waals surface area contributed by atoms with Gasteiger partial charge in [0.25, 0.3) is 0 Å². The Morgan fingerprint density at radius 1 is 0.655 bits per heavy atom. The SMILES string of the molecule is CC(=O)N[C@H]1[C@H](OCc2ccccc2)O[C@@H](CO[C@H]2O[C@@H](CO)[C@@H](O)[C@@H](O[C@H]3O[C@@H](CO)[C@@H](O)[C@H](O)[C@@H]3O)[C@@H]2O)[C@H](O[C@@H]2O[C@@H]([C@H](O)CO)[C@H](O)[C@H]2O)[C@H]1O. The van der Waals surface area contributed by atoms with Gasteiger partial charge in [0.1, 0.15) is 97.6 Å². The summed E-state index contributed by atoms with van der Waals surface area (Å²) < 4.78 is 45.9. The molecule has 1 amide bonds. The zero-order valence-electron chi connectivity index (χ0n) is 29.5. The Morgan fingerprint density at radius 2 is 1.24 bits per heavy atom. The Hall–Kier alpha value is -2.11. The van der Waals surface area contributed by atoms with Crippen LogP contribution >= 0.6 is 0 Å². The lowest BCUT2D eigenvalue weighted by Gasteiger charge is -2.47. The van der Waals surface area contributed by atoms with Crippen LogP contribution in [0.15, 0.2) is 30.3 Å². The van der Waals surface area contributed by atoms with Crippen LogP contribution < -0.4 is 5.32 Å². The van der Waals surface area contributed by atoms with Crippen LogP contribution in [-0.2, 0) is 49.3 Å². The van der Waals surface area contributed by atoms with Gasteiger partial charge < -0.3 is 104 Å². The van der Waals surface area contributed by atoms with Crippen molar-refractivity contribution in [1.82, 2.24) is 5.32 Å². The predicted octanol–water partition coefficient (Wildman–Crippen LogP) is -7.38. The molecule has 0 unspecified atom stereocenters. The quantitative estimate of drug-likeness (QED) is 0.0784. The van der Waals surface area contributed by atoms with Gasteiger partial charge in [0, 0.05) is 6.92 Å². The maximum absolute atomic E-state index is 12.3. The van der Waals surface area contributed by atoms with E-state index >= 15 is 0 Å². The van der Waals surface area contributed by atoms with E-state index in [2.05, 4.69) is 5.32 Å². The minimum absolute atomic E-state index is 0.0672. The standard InChI is InChI=1S/C33H51NO21/c1-12(38)34-18-21(42)28(54-33-25(46)23(44)27(53-33)14(39)7-35)17(52-30(18)48-10-13-5-3-2-4-6-13)11-49-31-26(47)29(20(41)16(9-37)50-31)55-32-24(45)22(43)19(40)15(8-36)51-32/h2-6,14-33,35-37,39-47H,7-11H2,1H3,(H,34,38)/t14-,15+,16+,17+,18-,19-,20-,21+,22+,23-,24+,25-,26+,27+,28+,29-,30-,31+,32-,33+/m1/s1. The van der Waals surface area contributed by atoms with Crippen molar-refractivity contribution < 1.29 is 104 Å². The van der Waals surface area contributed by atoms with Crippen LogP contribution in [0.25, 0.3) is 0 Å². The molecule has 0 bridgehead atoms. The van der Waals surface area contributed by atoms with E-state index in [1.165, 1.54) is 6.92 Å². The molecule has 0 aromatic heterocycles. The van der Waals surface area contributed by atoms with Crippen molar-refractivity contribution in [3.05, 3.63) is 35.9 Å². The molecule has 0 spiro atoms. The monoisotopic (exact) mass is 797 g/mol. The fourth-order valence-electron chi connectivity index (χ4n) is 6.74. The number of aliphatic hydroxyl groups excluding tert-OH is 12. The number of aliphatic hydroxyl groups is 12. The third kappa shape index (κ3) is 9.96. The van der Waals surface area contributed by atoms with E-state index in [-0.39, 0.29) is 6.61 Å². The molecule has 4 saturated heterocycles. The van der Waals surface area contributed by atoms with E-state index in [9.17, 15) is 66.1 Å². The van der Waals surface area contributed by atoms with Crippen LogP contribution in [0.3, 0.4) is 0 Å². The van der Waals surface area contributed by atoms with Crippen molar-refractivity contribution in [2.24, 2.45) is 0 Å². The molecular formula is C33H51NO21. The number of hydrogen-bond donors (Lipinski definition) is 13. The van der Waals surface area contributed by atoms with Crippen molar-refractivity contribution in [2.75, 3.05) is 26.4 Å². The topological polar surface area (TPSA) is 346 Å². The average molecular weight is 798 g/mol. The van der Waals surface area contributed by atoms with Crippen molar-refractivity contribution in [3.63, 3.8) is 0 Å². The van der Waals surface area contributed by atoms with E-state index in [0.717, 1.165) is 0 Å². The van der Waals surface area contributed by atoms with Gasteiger partial charge in [0.15, 0.2) is 25.2 Å². The zero-order chi connectivity index (χ0) is 40.1. The molecule has 4 fully saturated rings. The normalized spacial score (nSPS) is 44.3. The minimum Gasteiger partial charge on any atom is -0.394 e. The molecule has 0 radical (unpaired) electrons. The molecule has 4 heterocycles. The zero-order valence-corrected chi connectivity index (χ0v) is 29.5. The van der Waals surface area contributed by atoms with Gasteiger partial charge in [0.2, 0.25) is 5.91 Å². The lowest BCUT2D eigenvalue weighted by atomic mass is 9.95. The third-order valence-corrected chi connectivity index (χ3v) is 9.80. The Morgan fingerprint density at radius 3 is 1.87 bits per heavy atom. The molecule has 314 valence electrons. The summed E-state index contributed by atoms with van der Waals surface area (Å²) in [6.07, 6.45) is -32.1. The van der Waals surface area contributed by atoms with Gasteiger partial charge in [-0.2, -0.15) is 0 Å². The summed E-state index contributed by atoms with van der Waals surface area (Å²) in [7, 11) is 0. The van der Waals surface area contributed by atoms with Crippen LogP contribution in [0.2, 0.25) is 0 Å². The van der Waals surface area contributed by atoms with E-state index in [4.69, 9.17) is 37.9 Å². The molecule has 1 aromatic carbocycles. The number of amides is 1.